The molecular formula is C15H15Cl2F3N2. The minimum atomic E-state index is -4.69. The van der Waals surface area contributed by atoms with E-state index in [0.717, 1.165) is 5.56 Å². The second-order valence-electron chi connectivity index (χ2n) is 4.54. The summed E-state index contributed by atoms with van der Waals surface area (Å²) in [5, 5.41) is -1.17. The molecule has 0 aliphatic rings. The minimum absolute atomic E-state index is 0.271. The third-order valence-corrected chi connectivity index (χ3v) is 3.28. The van der Waals surface area contributed by atoms with Crippen LogP contribution in [0.4, 0.5) is 13.2 Å². The van der Waals surface area contributed by atoms with Crippen molar-refractivity contribution in [2.24, 2.45) is 4.99 Å². The molecule has 0 bridgehead atoms. The molecule has 0 aliphatic carbocycles. The number of halogens is 5. The molecule has 7 heteroatoms. The standard InChI is InChI=1S/C15H15Cl2F3N2/c1-4-5-11(16)13(15(18,19)20)14(17)22-10(3)12-7-6-9(2)8-21-12/h5-8H,4H2,1-3H3/b11-5-,14-13+,22-10+. The van der Waals surface area contributed by atoms with Crippen molar-refractivity contribution in [3.05, 3.63) is 51.4 Å². The van der Waals surface area contributed by atoms with Gasteiger partial charge in [-0.3, -0.25) is 4.98 Å². The van der Waals surface area contributed by atoms with E-state index in [9.17, 15) is 13.2 Å². The summed E-state index contributed by atoms with van der Waals surface area (Å²) in [6, 6.07) is 3.45. The maximum atomic E-state index is 13.1. The van der Waals surface area contributed by atoms with Gasteiger partial charge in [-0.05, 0) is 31.9 Å². The van der Waals surface area contributed by atoms with E-state index in [2.05, 4.69) is 9.98 Å². The lowest BCUT2D eigenvalue weighted by molar-refractivity contribution is -0.0890. The fourth-order valence-electron chi connectivity index (χ4n) is 1.57. The molecule has 0 aromatic carbocycles. The van der Waals surface area contributed by atoms with Crippen molar-refractivity contribution in [3.63, 3.8) is 0 Å². The van der Waals surface area contributed by atoms with Crippen molar-refractivity contribution in [1.82, 2.24) is 4.98 Å². The second kappa shape index (κ2) is 7.79. The van der Waals surface area contributed by atoms with Gasteiger partial charge in [-0.25, -0.2) is 4.99 Å². The van der Waals surface area contributed by atoms with E-state index < -0.39 is 21.9 Å². The highest BCUT2D eigenvalue weighted by Crippen LogP contribution is 2.37. The number of alkyl halides is 3. The molecule has 2 nitrogen and oxygen atoms in total. The lowest BCUT2D eigenvalue weighted by Crippen LogP contribution is -2.14. The first-order valence-electron chi connectivity index (χ1n) is 6.48. The highest BCUT2D eigenvalue weighted by atomic mass is 35.5. The molecule has 0 spiro atoms. The van der Waals surface area contributed by atoms with E-state index in [1.807, 2.05) is 6.92 Å². The number of allylic oxidation sites excluding steroid dienone is 3. The Morgan fingerprint density at radius 2 is 1.95 bits per heavy atom. The van der Waals surface area contributed by atoms with Crippen LogP contribution in [0.3, 0.4) is 0 Å². The van der Waals surface area contributed by atoms with Crippen LogP contribution in [0, 0.1) is 6.92 Å². The van der Waals surface area contributed by atoms with Crippen LogP contribution in [0.25, 0.3) is 0 Å². The van der Waals surface area contributed by atoms with E-state index in [0.29, 0.717) is 12.1 Å². The minimum Gasteiger partial charge on any atom is -0.255 e. The van der Waals surface area contributed by atoms with Gasteiger partial charge in [0.25, 0.3) is 0 Å². The predicted molar refractivity (Wildman–Crippen MR) is 84.3 cm³/mol. The van der Waals surface area contributed by atoms with Gasteiger partial charge in [-0.15, -0.1) is 0 Å². The van der Waals surface area contributed by atoms with Gasteiger partial charge in [0, 0.05) is 6.20 Å². The Balaban J connectivity index is 3.32. The molecule has 0 fully saturated rings. The summed E-state index contributed by atoms with van der Waals surface area (Å²) in [5.41, 5.74) is 0.501. The van der Waals surface area contributed by atoms with Gasteiger partial charge in [0.2, 0.25) is 0 Å². The first kappa shape index (κ1) is 18.7. The number of aryl methyl sites for hydroxylation is 1. The highest BCUT2D eigenvalue weighted by Gasteiger charge is 2.38. The Morgan fingerprint density at radius 3 is 2.41 bits per heavy atom. The molecule has 0 radical (unpaired) electrons. The predicted octanol–water partition coefficient (Wildman–Crippen LogP) is 5.74. The van der Waals surface area contributed by atoms with Crippen molar-refractivity contribution < 1.29 is 13.2 Å². The molecular weight excluding hydrogens is 336 g/mol. The quantitative estimate of drug-likeness (QED) is 0.385. The zero-order valence-electron chi connectivity index (χ0n) is 12.3. The third kappa shape index (κ3) is 5.14. The van der Waals surface area contributed by atoms with Crippen LogP contribution in [-0.2, 0) is 0 Å². The first-order valence-corrected chi connectivity index (χ1v) is 7.23. The SMILES string of the molecule is CC/C=C(Cl)/C(=C(Cl)\N=C(/C)c1ccc(C)cn1)C(F)(F)F. The smallest absolute Gasteiger partial charge is 0.255 e. The normalized spacial score (nSPS) is 14.9. The zero-order chi connectivity index (χ0) is 16.9. The van der Waals surface area contributed by atoms with Crippen LogP contribution >= 0.6 is 23.2 Å². The van der Waals surface area contributed by atoms with E-state index in [-0.39, 0.29) is 5.71 Å². The van der Waals surface area contributed by atoms with Gasteiger partial charge in [0.15, 0.2) is 0 Å². The number of pyridine rings is 1. The maximum absolute atomic E-state index is 13.1. The molecule has 0 aliphatic heterocycles. The third-order valence-electron chi connectivity index (χ3n) is 2.66. The largest absolute Gasteiger partial charge is 0.420 e. The number of hydrogen-bond acceptors (Lipinski definition) is 2. The van der Waals surface area contributed by atoms with Crippen molar-refractivity contribution in [2.75, 3.05) is 0 Å². The van der Waals surface area contributed by atoms with Crippen LogP contribution in [0.2, 0.25) is 0 Å². The Morgan fingerprint density at radius 1 is 1.32 bits per heavy atom. The fourth-order valence-corrected chi connectivity index (χ4v) is 2.31. The van der Waals surface area contributed by atoms with E-state index in [4.69, 9.17) is 23.2 Å². The molecule has 22 heavy (non-hydrogen) atoms. The molecule has 1 rings (SSSR count). The van der Waals surface area contributed by atoms with Crippen LogP contribution < -0.4 is 0 Å². The van der Waals surface area contributed by atoms with Gasteiger partial charge in [0.1, 0.15) is 10.7 Å². The van der Waals surface area contributed by atoms with Gasteiger partial charge < -0.3 is 0 Å². The van der Waals surface area contributed by atoms with Crippen molar-refractivity contribution in [1.29, 1.82) is 0 Å². The lowest BCUT2D eigenvalue weighted by Gasteiger charge is -2.12. The van der Waals surface area contributed by atoms with Crippen LogP contribution in [0.1, 0.15) is 31.5 Å². The Labute approximate surface area is 137 Å². The summed E-state index contributed by atoms with van der Waals surface area (Å²) >= 11 is 11.4. The molecule has 0 saturated carbocycles. The summed E-state index contributed by atoms with van der Waals surface area (Å²) in [4.78, 5) is 7.89. The Bertz CT molecular complexity index is 615. The van der Waals surface area contributed by atoms with E-state index >= 15 is 0 Å². The number of hydrogen-bond donors (Lipinski definition) is 0. The summed E-state index contributed by atoms with van der Waals surface area (Å²) < 4.78 is 39.3. The summed E-state index contributed by atoms with van der Waals surface area (Å²) in [7, 11) is 0. The van der Waals surface area contributed by atoms with Crippen molar-refractivity contribution in [3.8, 4) is 0 Å². The molecule has 0 saturated heterocycles. The number of aromatic nitrogens is 1. The Kier molecular flexibility index (Phi) is 6.63. The number of rotatable bonds is 4. The average molecular weight is 351 g/mol. The first-order chi connectivity index (χ1) is 10.2. The molecule has 0 atom stereocenters. The summed E-state index contributed by atoms with van der Waals surface area (Å²) in [5.74, 6) is 0. The monoisotopic (exact) mass is 350 g/mol. The maximum Gasteiger partial charge on any atom is 0.420 e. The van der Waals surface area contributed by atoms with Gasteiger partial charge in [0.05, 0.1) is 16.4 Å². The molecule has 1 aromatic rings. The molecule has 1 heterocycles. The van der Waals surface area contributed by atoms with Crippen LogP contribution in [0.15, 0.2) is 45.2 Å². The Hall–Kier alpha value is -1.33. The number of nitrogens with zero attached hydrogens (tertiary/aromatic N) is 2. The van der Waals surface area contributed by atoms with E-state index in [1.165, 1.54) is 13.0 Å². The molecule has 120 valence electrons. The molecule has 0 unspecified atom stereocenters. The molecule has 0 N–H and O–H groups in total. The van der Waals surface area contributed by atoms with Gasteiger partial charge in [-0.1, -0.05) is 42.3 Å². The fraction of sp³-hybridized carbons (Fsp3) is 0.333. The summed E-state index contributed by atoms with van der Waals surface area (Å²) in [6.45, 7) is 5.06. The van der Waals surface area contributed by atoms with Gasteiger partial charge >= 0.3 is 6.18 Å². The van der Waals surface area contributed by atoms with E-state index in [1.54, 1.807) is 25.3 Å². The molecule has 1 aromatic heterocycles. The van der Waals surface area contributed by atoms with Crippen molar-refractivity contribution >= 4 is 28.9 Å². The van der Waals surface area contributed by atoms with Crippen molar-refractivity contribution in [2.45, 2.75) is 33.4 Å². The second-order valence-corrected chi connectivity index (χ2v) is 5.31. The summed E-state index contributed by atoms with van der Waals surface area (Å²) in [6.07, 6.45) is -1.50. The van der Waals surface area contributed by atoms with Gasteiger partial charge in [-0.2, -0.15) is 13.2 Å². The lowest BCUT2D eigenvalue weighted by atomic mass is 10.2. The number of aliphatic imine (C=N–C) groups is 1. The topological polar surface area (TPSA) is 25.2 Å². The average Bonchev–Trinajstić information content (AvgIpc) is 2.37. The van der Waals surface area contributed by atoms with Crippen LogP contribution in [-0.4, -0.2) is 16.9 Å². The van der Waals surface area contributed by atoms with Crippen LogP contribution in [0.5, 0.6) is 0 Å². The zero-order valence-corrected chi connectivity index (χ0v) is 13.8. The molecule has 0 amide bonds. The highest BCUT2D eigenvalue weighted by molar-refractivity contribution is 6.36.